The molecule has 0 atom stereocenters. The Morgan fingerprint density at radius 1 is 1.03 bits per heavy atom. The number of rotatable bonds is 9. The highest BCUT2D eigenvalue weighted by Gasteiger charge is 2.16. The molecule has 1 saturated heterocycles. The SMILES string of the molecule is O=C(CSc1nnc(-c2ccc(Cl)cc2)o1)NCCCN1CCN(c2ccccc2)CC1. The van der Waals surface area contributed by atoms with Crippen LogP contribution in [-0.2, 0) is 4.79 Å². The maximum Gasteiger partial charge on any atom is 0.277 e. The third-order valence-corrected chi connectivity index (χ3v) is 6.36. The van der Waals surface area contributed by atoms with Crippen LogP contribution in [0.4, 0.5) is 5.69 Å². The molecule has 1 aromatic heterocycles. The first-order chi connectivity index (χ1) is 15.7. The van der Waals surface area contributed by atoms with Gasteiger partial charge in [-0.05, 0) is 49.4 Å². The largest absolute Gasteiger partial charge is 0.411 e. The van der Waals surface area contributed by atoms with Crippen molar-refractivity contribution in [2.45, 2.75) is 11.6 Å². The molecule has 1 amide bonds. The fraction of sp³-hybridized carbons (Fsp3) is 0.348. The Morgan fingerprint density at radius 2 is 1.78 bits per heavy atom. The second-order valence-corrected chi connectivity index (χ2v) is 8.90. The zero-order valence-electron chi connectivity index (χ0n) is 17.7. The molecule has 32 heavy (non-hydrogen) atoms. The predicted molar refractivity (Wildman–Crippen MR) is 128 cm³/mol. The van der Waals surface area contributed by atoms with E-state index in [4.69, 9.17) is 16.0 Å². The van der Waals surface area contributed by atoms with Crippen LogP contribution in [-0.4, -0.2) is 66.0 Å². The summed E-state index contributed by atoms with van der Waals surface area (Å²) in [7, 11) is 0. The van der Waals surface area contributed by atoms with Crippen LogP contribution in [0.1, 0.15) is 6.42 Å². The van der Waals surface area contributed by atoms with Crippen LogP contribution in [0.25, 0.3) is 11.5 Å². The molecule has 168 valence electrons. The highest BCUT2D eigenvalue weighted by molar-refractivity contribution is 7.99. The standard InChI is InChI=1S/C23H26ClN5O2S/c24-19-9-7-18(8-10-19)22-26-27-23(31-22)32-17-21(30)25-11-4-12-28-13-15-29(16-14-28)20-5-2-1-3-6-20/h1-3,5-10H,4,11-17H2,(H,25,30). The third-order valence-electron chi connectivity index (χ3n) is 5.29. The number of carbonyl (C=O) groups excluding carboxylic acids is 1. The molecule has 1 N–H and O–H groups in total. The normalized spacial score (nSPS) is 14.5. The van der Waals surface area contributed by atoms with Crippen molar-refractivity contribution in [3.63, 3.8) is 0 Å². The molecule has 1 aliphatic heterocycles. The summed E-state index contributed by atoms with van der Waals surface area (Å²) in [6.07, 6.45) is 0.934. The molecule has 2 aromatic carbocycles. The number of para-hydroxylation sites is 1. The van der Waals surface area contributed by atoms with Gasteiger partial charge in [0.25, 0.3) is 5.22 Å². The van der Waals surface area contributed by atoms with Crippen LogP contribution in [0.5, 0.6) is 0 Å². The average molecular weight is 472 g/mol. The Balaban J connectivity index is 1.10. The van der Waals surface area contributed by atoms with E-state index in [-0.39, 0.29) is 11.7 Å². The van der Waals surface area contributed by atoms with Crippen molar-refractivity contribution in [2.75, 3.05) is 49.9 Å². The second-order valence-electron chi connectivity index (χ2n) is 7.54. The Bertz CT molecular complexity index is 991. The van der Waals surface area contributed by atoms with Crippen LogP contribution >= 0.6 is 23.4 Å². The smallest absolute Gasteiger partial charge is 0.277 e. The number of piperazine rings is 1. The topological polar surface area (TPSA) is 74.5 Å². The molecule has 7 nitrogen and oxygen atoms in total. The van der Waals surface area contributed by atoms with Crippen LogP contribution in [0, 0.1) is 0 Å². The number of amides is 1. The lowest BCUT2D eigenvalue weighted by Crippen LogP contribution is -2.47. The summed E-state index contributed by atoms with van der Waals surface area (Å²) in [6, 6.07) is 17.7. The average Bonchev–Trinajstić information content (AvgIpc) is 3.31. The summed E-state index contributed by atoms with van der Waals surface area (Å²) < 4.78 is 5.61. The monoisotopic (exact) mass is 471 g/mol. The number of aromatic nitrogens is 2. The number of carbonyl (C=O) groups is 1. The Kier molecular flexibility index (Phi) is 8.03. The number of hydrogen-bond donors (Lipinski definition) is 1. The lowest BCUT2D eigenvalue weighted by molar-refractivity contribution is -0.118. The van der Waals surface area contributed by atoms with Crippen molar-refractivity contribution in [2.24, 2.45) is 0 Å². The number of benzene rings is 2. The first-order valence-electron chi connectivity index (χ1n) is 10.7. The molecule has 0 unspecified atom stereocenters. The van der Waals surface area contributed by atoms with Gasteiger partial charge in [0, 0.05) is 49.0 Å². The van der Waals surface area contributed by atoms with E-state index in [1.165, 1.54) is 17.4 Å². The Morgan fingerprint density at radius 3 is 2.53 bits per heavy atom. The van der Waals surface area contributed by atoms with Crippen molar-refractivity contribution < 1.29 is 9.21 Å². The van der Waals surface area contributed by atoms with Crippen LogP contribution in [0.2, 0.25) is 5.02 Å². The fourth-order valence-electron chi connectivity index (χ4n) is 3.55. The van der Waals surface area contributed by atoms with E-state index >= 15 is 0 Å². The van der Waals surface area contributed by atoms with E-state index in [2.05, 4.69) is 49.6 Å². The van der Waals surface area contributed by atoms with Crippen molar-refractivity contribution >= 4 is 35.0 Å². The molecule has 0 spiro atoms. The number of anilines is 1. The van der Waals surface area contributed by atoms with Crippen molar-refractivity contribution in [1.82, 2.24) is 20.4 Å². The lowest BCUT2D eigenvalue weighted by Gasteiger charge is -2.36. The lowest BCUT2D eigenvalue weighted by atomic mass is 10.2. The fourth-order valence-corrected chi connectivity index (χ4v) is 4.27. The van der Waals surface area contributed by atoms with Gasteiger partial charge >= 0.3 is 0 Å². The van der Waals surface area contributed by atoms with Gasteiger partial charge in [-0.1, -0.05) is 41.6 Å². The van der Waals surface area contributed by atoms with Crippen LogP contribution in [0.3, 0.4) is 0 Å². The molecule has 0 aliphatic carbocycles. The van der Waals surface area contributed by atoms with Gasteiger partial charge in [0.2, 0.25) is 11.8 Å². The van der Waals surface area contributed by atoms with Gasteiger partial charge in [-0.3, -0.25) is 9.69 Å². The molecule has 1 fully saturated rings. The maximum atomic E-state index is 12.1. The zero-order chi connectivity index (χ0) is 22.2. The van der Waals surface area contributed by atoms with Gasteiger partial charge in [0.15, 0.2) is 0 Å². The molecule has 3 aromatic rings. The van der Waals surface area contributed by atoms with Gasteiger partial charge in [0.05, 0.1) is 5.75 Å². The van der Waals surface area contributed by atoms with E-state index in [9.17, 15) is 4.79 Å². The molecule has 4 rings (SSSR count). The van der Waals surface area contributed by atoms with Crippen LogP contribution in [0.15, 0.2) is 64.2 Å². The van der Waals surface area contributed by atoms with Gasteiger partial charge < -0.3 is 14.6 Å². The van der Waals surface area contributed by atoms with E-state index in [1.807, 2.05) is 18.2 Å². The number of hydrogen-bond acceptors (Lipinski definition) is 7. The highest BCUT2D eigenvalue weighted by atomic mass is 35.5. The van der Waals surface area contributed by atoms with Gasteiger partial charge in [-0.15, -0.1) is 10.2 Å². The van der Waals surface area contributed by atoms with E-state index < -0.39 is 0 Å². The number of nitrogens with one attached hydrogen (secondary N) is 1. The minimum atomic E-state index is -0.0323. The van der Waals surface area contributed by atoms with Gasteiger partial charge in [0.1, 0.15) is 0 Å². The summed E-state index contributed by atoms with van der Waals surface area (Å²) in [4.78, 5) is 17.0. The van der Waals surface area contributed by atoms with Crippen molar-refractivity contribution in [1.29, 1.82) is 0 Å². The van der Waals surface area contributed by atoms with Crippen LogP contribution < -0.4 is 10.2 Å². The summed E-state index contributed by atoms with van der Waals surface area (Å²) >= 11 is 7.13. The summed E-state index contributed by atoms with van der Waals surface area (Å²) in [6.45, 7) is 5.82. The second kappa shape index (κ2) is 11.4. The third kappa shape index (κ3) is 6.48. The molecule has 1 aliphatic rings. The Hall–Kier alpha value is -2.55. The minimum absolute atomic E-state index is 0.0323. The van der Waals surface area contributed by atoms with Gasteiger partial charge in [-0.25, -0.2) is 0 Å². The molecule has 9 heteroatoms. The highest BCUT2D eigenvalue weighted by Crippen LogP contribution is 2.24. The van der Waals surface area contributed by atoms with E-state index in [0.29, 0.717) is 22.7 Å². The summed E-state index contributed by atoms with van der Waals surface area (Å²) in [5, 5.41) is 12.0. The summed E-state index contributed by atoms with van der Waals surface area (Å²) in [5.74, 6) is 0.630. The molecule has 0 bridgehead atoms. The predicted octanol–water partition coefficient (Wildman–Crippen LogP) is 3.81. The molecular formula is C23H26ClN5O2S. The molecule has 0 saturated carbocycles. The molecule has 0 radical (unpaired) electrons. The van der Waals surface area contributed by atoms with Gasteiger partial charge in [-0.2, -0.15) is 0 Å². The first-order valence-corrected chi connectivity index (χ1v) is 12.0. The minimum Gasteiger partial charge on any atom is -0.411 e. The quantitative estimate of drug-likeness (QED) is 0.375. The molecule has 2 heterocycles. The van der Waals surface area contributed by atoms with E-state index in [0.717, 1.165) is 44.7 Å². The number of halogens is 1. The Labute approximate surface area is 197 Å². The van der Waals surface area contributed by atoms with E-state index in [1.54, 1.807) is 12.1 Å². The molecular weight excluding hydrogens is 446 g/mol. The van der Waals surface area contributed by atoms with Crippen molar-refractivity contribution in [3.05, 3.63) is 59.6 Å². The zero-order valence-corrected chi connectivity index (χ0v) is 19.3. The number of thioether (sulfide) groups is 1. The summed E-state index contributed by atoms with van der Waals surface area (Å²) in [5.41, 5.74) is 2.08. The maximum absolute atomic E-state index is 12.1. The first kappa shape index (κ1) is 22.6. The number of nitrogens with zero attached hydrogens (tertiary/aromatic N) is 4. The van der Waals surface area contributed by atoms with Crippen molar-refractivity contribution in [3.8, 4) is 11.5 Å².